The van der Waals surface area contributed by atoms with Gasteiger partial charge in [0, 0.05) is 55.4 Å². The average molecular weight is 543 g/mol. The fourth-order valence-electron chi connectivity index (χ4n) is 4.85. The predicted octanol–water partition coefficient (Wildman–Crippen LogP) is 4.06. The highest BCUT2D eigenvalue weighted by Gasteiger charge is 2.66. The number of rotatable bonds is 6. The van der Waals surface area contributed by atoms with Crippen molar-refractivity contribution in [2.45, 2.75) is 50.2 Å². The van der Waals surface area contributed by atoms with Gasteiger partial charge in [0.15, 0.2) is 23.3 Å². The minimum atomic E-state index is -4.88. The first kappa shape index (κ1) is 27.6. The monoisotopic (exact) mass is 543 g/mol. The van der Waals surface area contributed by atoms with Crippen molar-refractivity contribution < 1.29 is 45.8 Å². The number of likely N-dealkylation sites (N-methyl/N-ethyl adjacent to an activating group) is 1. The van der Waals surface area contributed by atoms with Crippen LogP contribution in [0.5, 0.6) is 11.6 Å². The Labute approximate surface area is 215 Å². The molecule has 8 nitrogen and oxygen atoms in total. The molecule has 0 saturated carbocycles. The topological polar surface area (TPSA) is 90.0 Å². The molecule has 2 amide bonds. The number of hydrogen-bond acceptors (Lipinski definition) is 6. The number of anilines is 1. The van der Waals surface area contributed by atoms with Crippen molar-refractivity contribution >= 4 is 17.5 Å². The molecule has 0 radical (unpaired) electrons. The molecule has 2 aromatic rings. The largest absolute Gasteiger partial charge is 0.493 e. The van der Waals surface area contributed by atoms with Crippen molar-refractivity contribution in [3.05, 3.63) is 47.7 Å². The third kappa shape index (κ3) is 4.74. The summed E-state index contributed by atoms with van der Waals surface area (Å²) >= 11 is 0. The van der Waals surface area contributed by atoms with E-state index in [1.54, 1.807) is 7.05 Å². The molecule has 0 spiro atoms. The third-order valence-electron chi connectivity index (χ3n) is 7.21. The predicted molar refractivity (Wildman–Crippen MR) is 124 cm³/mol. The Kier molecular flexibility index (Phi) is 7.26. The molecular weight excluding hydrogens is 517 g/mol. The molecule has 2 aliphatic heterocycles. The van der Waals surface area contributed by atoms with E-state index in [1.807, 2.05) is 0 Å². The van der Waals surface area contributed by atoms with Crippen molar-refractivity contribution in [3.63, 3.8) is 0 Å². The van der Waals surface area contributed by atoms with E-state index >= 15 is 0 Å². The van der Waals surface area contributed by atoms with Gasteiger partial charge in [-0.3, -0.25) is 9.59 Å². The van der Waals surface area contributed by atoms with Crippen molar-refractivity contribution in [1.29, 1.82) is 0 Å². The molecule has 1 aromatic carbocycles. The van der Waals surface area contributed by atoms with Crippen LogP contribution < -0.4 is 14.8 Å². The SMILES string of the molecule is COc1c([C@H]2[C@H](C(=O)Nc3ccnc(O[C@@H]4CCN(C)C4=O)c3)O[C@@](C)(C(F)(F)F)[C@H]2C)ccc(F)c1F. The van der Waals surface area contributed by atoms with Crippen molar-refractivity contribution in [3.8, 4) is 11.6 Å². The zero-order valence-corrected chi connectivity index (χ0v) is 20.9. The number of nitrogens with zero attached hydrogens (tertiary/aromatic N) is 2. The molecule has 2 saturated heterocycles. The first-order chi connectivity index (χ1) is 17.8. The molecule has 2 fully saturated rings. The normalized spacial score (nSPS) is 27.5. The Balaban J connectivity index is 1.65. The van der Waals surface area contributed by atoms with Gasteiger partial charge in [0.05, 0.1) is 7.11 Å². The fourth-order valence-corrected chi connectivity index (χ4v) is 4.85. The summed E-state index contributed by atoms with van der Waals surface area (Å²) in [7, 11) is 2.68. The van der Waals surface area contributed by atoms with Crippen LogP contribution in [0, 0.1) is 17.6 Å². The molecular formula is C25H26F5N3O5. The van der Waals surface area contributed by atoms with Gasteiger partial charge in [-0.1, -0.05) is 13.0 Å². The Morgan fingerprint density at radius 1 is 1.26 bits per heavy atom. The number of ether oxygens (including phenoxy) is 3. The van der Waals surface area contributed by atoms with Gasteiger partial charge >= 0.3 is 6.18 Å². The zero-order chi connectivity index (χ0) is 28.0. The molecule has 0 bridgehead atoms. The maximum absolute atomic E-state index is 14.5. The lowest BCUT2D eigenvalue weighted by Gasteiger charge is -2.32. The van der Waals surface area contributed by atoms with Crippen LogP contribution in [0.25, 0.3) is 0 Å². The van der Waals surface area contributed by atoms with Gasteiger partial charge in [-0.15, -0.1) is 0 Å². The van der Waals surface area contributed by atoms with E-state index in [9.17, 15) is 31.5 Å². The molecule has 1 aromatic heterocycles. The van der Waals surface area contributed by atoms with E-state index in [2.05, 4.69) is 10.3 Å². The summed E-state index contributed by atoms with van der Waals surface area (Å²) in [5, 5.41) is 2.49. The van der Waals surface area contributed by atoms with Crippen LogP contribution >= 0.6 is 0 Å². The Hall–Kier alpha value is -3.48. The Morgan fingerprint density at radius 2 is 1.97 bits per heavy atom. The number of amides is 2. The molecule has 4 rings (SSSR count). The number of benzene rings is 1. The quantitative estimate of drug-likeness (QED) is 0.553. The van der Waals surface area contributed by atoms with Crippen LogP contribution in [-0.2, 0) is 14.3 Å². The number of nitrogens with one attached hydrogen (secondary N) is 1. The van der Waals surface area contributed by atoms with Gasteiger partial charge in [-0.2, -0.15) is 17.6 Å². The van der Waals surface area contributed by atoms with E-state index in [0.29, 0.717) is 13.0 Å². The second kappa shape index (κ2) is 10.0. The zero-order valence-electron chi connectivity index (χ0n) is 20.9. The molecule has 38 heavy (non-hydrogen) atoms. The summed E-state index contributed by atoms with van der Waals surface area (Å²) in [4.78, 5) is 31.0. The summed E-state index contributed by atoms with van der Waals surface area (Å²) in [5.41, 5.74) is -2.81. The number of halogens is 5. The summed E-state index contributed by atoms with van der Waals surface area (Å²) in [6.45, 7) is 2.53. The highest BCUT2D eigenvalue weighted by atomic mass is 19.4. The van der Waals surface area contributed by atoms with E-state index in [-0.39, 0.29) is 23.0 Å². The Bertz CT molecular complexity index is 1240. The Morgan fingerprint density at radius 3 is 2.58 bits per heavy atom. The van der Waals surface area contributed by atoms with Gasteiger partial charge in [0.2, 0.25) is 11.7 Å². The van der Waals surface area contributed by atoms with Gasteiger partial charge in [-0.25, -0.2) is 9.37 Å². The van der Waals surface area contributed by atoms with Crippen LogP contribution in [0.15, 0.2) is 30.5 Å². The maximum Gasteiger partial charge on any atom is 0.417 e. The lowest BCUT2D eigenvalue weighted by atomic mass is 9.77. The number of aromatic nitrogens is 1. The third-order valence-corrected chi connectivity index (χ3v) is 7.21. The van der Waals surface area contributed by atoms with Crippen molar-refractivity contribution in [2.24, 2.45) is 5.92 Å². The highest BCUT2D eigenvalue weighted by molar-refractivity contribution is 5.95. The van der Waals surface area contributed by atoms with E-state index in [1.165, 1.54) is 30.2 Å². The number of carbonyl (C=O) groups is 2. The standard InChI is InChI=1S/C25H26F5N3O5/c1-12-18(14-5-6-15(26)19(27)20(14)36-4)21(38-24(12,2)25(28,29)30)22(34)32-13-7-9-31-17(11-13)37-16-8-10-33(3)23(16)35/h5-7,9,11-12,16,18,21H,8,10H2,1-4H3,(H,31,32,34)/t12-,16+,18-,21+,24+/m0/s1. The minimum absolute atomic E-state index is 0.0242. The average Bonchev–Trinajstić information content (AvgIpc) is 3.32. The summed E-state index contributed by atoms with van der Waals surface area (Å²) in [6, 6.07) is 4.53. The molecule has 5 atom stereocenters. The van der Waals surface area contributed by atoms with Crippen molar-refractivity contribution in [2.75, 3.05) is 26.0 Å². The number of likely N-dealkylation sites (tertiary alicyclic amines) is 1. The minimum Gasteiger partial charge on any atom is -0.493 e. The van der Waals surface area contributed by atoms with Crippen LogP contribution in [-0.4, -0.2) is 66.4 Å². The van der Waals surface area contributed by atoms with Crippen LogP contribution in [0.3, 0.4) is 0 Å². The number of pyridine rings is 1. The molecule has 2 aliphatic rings. The summed E-state index contributed by atoms with van der Waals surface area (Å²) in [6.07, 6.45) is -5.66. The molecule has 0 aliphatic carbocycles. The van der Waals surface area contributed by atoms with E-state index in [4.69, 9.17) is 14.2 Å². The van der Waals surface area contributed by atoms with Crippen molar-refractivity contribution in [1.82, 2.24) is 9.88 Å². The van der Waals surface area contributed by atoms with Gasteiger partial charge in [0.1, 0.15) is 6.10 Å². The van der Waals surface area contributed by atoms with Crippen LogP contribution in [0.1, 0.15) is 31.7 Å². The van der Waals surface area contributed by atoms with Gasteiger partial charge < -0.3 is 24.4 Å². The number of hydrogen-bond donors (Lipinski definition) is 1. The summed E-state index contributed by atoms with van der Waals surface area (Å²) in [5.74, 6) is -7.17. The summed E-state index contributed by atoms with van der Waals surface area (Å²) < 4.78 is 86.6. The number of methoxy groups -OCH3 is 1. The van der Waals surface area contributed by atoms with E-state index in [0.717, 1.165) is 26.2 Å². The first-order valence-corrected chi connectivity index (χ1v) is 11.7. The molecule has 3 heterocycles. The second-order valence-electron chi connectivity index (χ2n) is 9.47. The number of alkyl halides is 3. The first-order valence-electron chi connectivity index (χ1n) is 11.7. The van der Waals surface area contributed by atoms with Crippen LogP contribution in [0.4, 0.5) is 27.6 Å². The lowest BCUT2D eigenvalue weighted by Crippen LogP contribution is -2.47. The van der Waals surface area contributed by atoms with Gasteiger partial charge in [-0.05, 0) is 19.1 Å². The second-order valence-corrected chi connectivity index (χ2v) is 9.47. The fraction of sp³-hybridized carbons (Fsp3) is 0.480. The molecule has 13 heteroatoms. The maximum atomic E-state index is 14.5. The van der Waals surface area contributed by atoms with Crippen LogP contribution in [0.2, 0.25) is 0 Å². The molecule has 1 N–H and O–H groups in total. The number of carbonyl (C=O) groups excluding carboxylic acids is 2. The molecule has 0 unspecified atom stereocenters. The molecule has 206 valence electrons. The highest BCUT2D eigenvalue weighted by Crippen LogP contribution is 2.55. The lowest BCUT2D eigenvalue weighted by molar-refractivity contribution is -0.272. The van der Waals surface area contributed by atoms with E-state index < -0.39 is 59.1 Å². The smallest absolute Gasteiger partial charge is 0.417 e. The van der Waals surface area contributed by atoms with Gasteiger partial charge in [0.25, 0.3) is 11.8 Å².